The van der Waals surface area contributed by atoms with Crippen LogP contribution in [0.5, 0.6) is 0 Å². The molecule has 2 rings (SSSR count). The van der Waals surface area contributed by atoms with Crippen molar-refractivity contribution in [3.63, 3.8) is 0 Å². The molecule has 0 saturated heterocycles. The Kier molecular flexibility index (Phi) is 4.75. The fourth-order valence-electron chi connectivity index (χ4n) is 2.87. The number of rotatable bonds is 2. The van der Waals surface area contributed by atoms with E-state index < -0.39 is 0 Å². The number of hydrogen-bond donors (Lipinski definition) is 1. The van der Waals surface area contributed by atoms with Gasteiger partial charge in [0.05, 0.1) is 17.2 Å². The van der Waals surface area contributed by atoms with Crippen LogP contribution in [0, 0.1) is 17.2 Å². The van der Waals surface area contributed by atoms with Crippen molar-refractivity contribution in [1.82, 2.24) is 0 Å². The van der Waals surface area contributed by atoms with Gasteiger partial charge in [-0.3, -0.25) is 4.79 Å². The van der Waals surface area contributed by atoms with Crippen molar-refractivity contribution >= 4 is 11.6 Å². The topological polar surface area (TPSA) is 70.1 Å². The van der Waals surface area contributed by atoms with Gasteiger partial charge in [-0.15, -0.1) is 0 Å². The molecule has 0 bridgehead atoms. The monoisotopic (exact) mass is 271 g/mol. The first kappa shape index (κ1) is 14.5. The molecule has 0 aliphatic heterocycles. The Bertz CT molecular complexity index is 521. The van der Waals surface area contributed by atoms with E-state index in [-0.39, 0.29) is 17.9 Å². The molecule has 0 heterocycles. The second kappa shape index (κ2) is 6.53. The standard InChI is InChI=1S/C16H21N3O/c1-19(15-10-6-5-7-12(15)11-17)16(20)13-8-3-2-4-9-14(13)18/h5-7,10,13-14H,2-4,8-9,18H2,1H3. The van der Waals surface area contributed by atoms with E-state index in [1.54, 1.807) is 30.1 Å². The number of benzene rings is 1. The first-order valence-corrected chi connectivity index (χ1v) is 7.17. The van der Waals surface area contributed by atoms with Crippen LogP contribution in [0.15, 0.2) is 24.3 Å². The maximum Gasteiger partial charge on any atom is 0.231 e. The number of para-hydroxylation sites is 1. The lowest BCUT2D eigenvalue weighted by molar-refractivity contribution is -0.122. The second-order valence-electron chi connectivity index (χ2n) is 5.43. The molecule has 2 N–H and O–H groups in total. The van der Waals surface area contributed by atoms with Crippen LogP contribution in [0.3, 0.4) is 0 Å². The van der Waals surface area contributed by atoms with Gasteiger partial charge in [0.25, 0.3) is 0 Å². The van der Waals surface area contributed by atoms with E-state index in [0.29, 0.717) is 11.3 Å². The molecule has 1 aliphatic carbocycles. The van der Waals surface area contributed by atoms with Crippen LogP contribution in [0.2, 0.25) is 0 Å². The molecule has 0 aromatic heterocycles. The summed E-state index contributed by atoms with van der Waals surface area (Å²) in [7, 11) is 1.73. The molecule has 2 atom stereocenters. The van der Waals surface area contributed by atoms with E-state index in [1.165, 1.54) is 0 Å². The SMILES string of the molecule is CN(C(=O)C1CCCCCC1N)c1ccccc1C#N. The van der Waals surface area contributed by atoms with Gasteiger partial charge in [0, 0.05) is 13.1 Å². The van der Waals surface area contributed by atoms with Crippen LogP contribution >= 0.6 is 0 Å². The van der Waals surface area contributed by atoms with Crippen LogP contribution in [0.25, 0.3) is 0 Å². The largest absolute Gasteiger partial charge is 0.327 e. The highest BCUT2D eigenvalue weighted by Gasteiger charge is 2.30. The van der Waals surface area contributed by atoms with Crippen LogP contribution in [-0.2, 0) is 4.79 Å². The van der Waals surface area contributed by atoms with Crippen LogP contribution in [0.4, 0.5) is 5.69 Å². The van der Waals surface area contributed by atoms with Crippen molar-refractivity contribution < 1.29 is 4.79 Å². The van der Waals surface area contributed by atoms with Crippen LogP contribution in [-0.4, -0.2) is 19.0 Å². The minimum atomic E-state index is -0.130. The van der Waals surface area contributed by atoms with E-state index in [4.69, 9.17) is 11.0 Å². The third-order valence-corrected chi connectivity index (χ3v) is 4.10. The Hall–Kier alpha value is -1.86. The molecule has 1 fully saturated rings. The van der Waals surface area contributed by atoms with Crippen LogP contribution < -0.4 is 10.6 Å². The Balaban J connectivity index is 2.21. The average Bonchev–Trinajstić information content (AvgIpc) is 2.70. The van der Waals surface area contributed by atoms with Gasteiger partial charge >= 0.3 is 0 Å². The molecule has 1 aromatic rings. The van der Waals surface area contributed by atoms with Gasteiger partial charge in [-0.2, -0.15) is 5.26 Å². The predicted octanol–water partition coefficient (Wildman–Crippen LogP) is 2.43. The van der Waals surface area contributed by atoms with Gasteiger partial charge < -0.3 is 10.6 Å². The molecular formula is C16H21N3O. The maximum absolute atomic E-state index is 12.7. The van der Waals surface area contributed by atoms with Crippen molar-refractivity contribution in [2.45, 2.75) is 38.1 Å². The van der Waals surface area contributed by atoms with Crippen molar-refractivity contribution in [3.8, 4) is 6.07 Å². The molecule has 0 radical (unpaired) electrons. The number of anilines is 1. The normalized spacial score (nSPS) is 22.6. The van der Waals surface area contributed by atoms with Gasteiger partial charge in [-0.25, -0.2) is 0 Å². The zero-order chi connectivity index (χ0) is 14.5. The predicted molar refractivity (Wildman–Crippen MR) is 79.1 cm³/mol. The van der Waals surface area contributed by atoms with Crippen molar-refractivity contribution in [1.29, 1.82) is 5.26 Å². The molecule has 1 aliphatic rings. The smallest absolute Gasteiger partial charge is 0.231 e. The van der Waals surface area contributed by atoms with E-state index >= 15 is 0 Å². The summed E-state index contributed by atoms with van der Waals surface area (Å²) in [4.78, 5) is 14.3. The zero-order valence-corrected chi connectivity index (χ0v) is 11.9. The van der Waals surface area contributed by atoms with Crippen molar-refractivity contribution in [2.75, 3.05) is 11.9 Å². The summed E-state index contributed by atoms with van der Waals surface area (Å²) < 4.78 is 0. The molecule has 106 valence electrons. The van der Waals surface area contributed by atoms with Crippen molar-refractivity contribution in [2.24, 2.45) is 11.7 Å². The van der Waals surface area contributed by atoms with Gasteiger partial charge in [-0.1, -0.05) is 31.4 Å². The zero-order valence-electron chi connectivity index (χ0n) is 11.9. The van der Waals surface area contributed by atoms with Crippen molar-refractivity contribution in [3.05, 3.63) is 29.8 Å². The number of carbonyl (C=O) groups is 1. The lowest BCUT2D eigenvalue weighted by Gasteiger charge is -2.27. The van der Waals surface area contributed by atoms with E-state index in [2.05, 4.69) is 6.07 Å². The minimum absolute atomic E-state index is 0.0297. The number of nitriles is 1. The fourth-order valence-corrected chi connectivity index (χ4v) is 2.87. The summed E-state index contributed by atoms with van der Waals surface area (Å²) in [5.74, 6) is -0.101. The molecule has 4 heteroatoms. The fraction of sp³-hybridized carbons (Fsp3) is 0.500. The molecule has 1 saturated carbocycles. The highest BCUT2D eigenvalue weighted by molar-refractivity contribution is 5.96. The first-order chi connectivity index (χ1) is 9.65. The summed E-state index contributed by atoms with van der Waals surface area (Å²) in [5.41, 5.74) is 7.34. The molecule has 20 heavy (non-hydrogen) atoms. The van der Waals surface area contributed by atoms with Gasteiger partial charge in [0.2, 0.25) is 5.91 Å². The van der Waals surface area contributed by atoms with E-state index in [1.807, 2.05) is 6.07 Å². The Morgan fingerprint density at radius 1 is 1.30 bits per heavy atom. The summed E-state index contributed by atoms with van der Waals surface area (Å²) in [6.45, 7) is 0. The number of carbonyl (C=O) groups excluding carboxylic acids is 1. The Morgan fingerprint density at radius 2 is 2.00 bits per heavy atom. The van der Waals surface area contributed by atoms with Crippen LogP contribution in [0.1, 0.15) is 37.7 Å². The number of hydrogen-bond acceptors (Lipinski definition) is 3. The van der Waals surface area contributed by atoms with E-state index in [0.717, 1.165) is 32.1 Å². The highest BCUT2D eigenvalue weighted by atomic mass is 16.2. The van der Waals surface area contributed by atoms with Gasteiger partial charge in [0.1, 0.15) is 6.07 Å². The second-order valence-corrected chi connectivity index (χ2v) is 5.43. The molecule has 1 aromatic carbocycles. The number of amides is 1. The molecule has 2 unspecified atom stereocenters. The summed E-state index contributed by atoms with van der Waals surface area (Å²) in [6, 6.07) is 9.24. The lowest BCUT2D eigenvalue weighted by atomic mass is 9.93. The first-order valence-electron chi connectivity index (χ1n) is 7.17. The molecular weight excluding hydrogens is 250 g/mol. The minimum Gasteiger partial charge on any atom is -0.327 e. The third-order valence-electron chi connectivity index (χ3n) is 4.10. The third kappa shape index (κ3) is 3.00. The maximum atomic E-state index is 12.7. The lowest BCUT2D eigenvalue weighted by Crippen LogP contribution is -2.42. The number of nitrogens with zero attached hydrogens (tertiary/aromatic N) is 2. The van der Waals surface area contributed by atoms with Gasteiger partial charge in [-0.05, 0) is 25.0 Å². The van der Waals surface area contributed by atoms with Gasteiger partial charge in [0.15, 0.2) is 0 Å². The highest BCUT2D eigenvalue weighted by Crippen LogP contribution is 2.27. The van der Waals surface area contributed by atoms with E-state index in [9.17, 15) is 4.79 Å². The Morgan fingerprint density at radius 3 is 2.75 bits per heavy atom. The Labute approximate surface area is 120 Å². The quantitative estimate of drug-likeness (QED) is 0.840. The molecule has 0 spiro atoms. The summed E-state index contributed by atoms with van der Waals surface area (Å²) >= 11 is 0. The molecule has 4 nitrogen and oxygen atoms in total. The summed E-state index contributed by atoms with van der Waals surface area (Å²) in [5, 5.41) is 9.14. The number of nitrogens with two attached hydrogens (primary N) is 1. The average molecular weight is 271 g/mol. The summed E-state index contributed by atoms with van der Waals surface area (Å²) in [6.07, 6.45) is 5.06. The molecule has 1 amide bonds.